The third-order valence-corrected chi connectivity index (χ3v) is 4.48. The molecule has 0 aromatic rings. The Morgan fingerprint density at radius 3 is 2.81 bits per heavy atom. The summed E-state index contributed by atoms with van der Waals surface area (Å²) >= 11 is 0. The number of amides is 2. The predicted molar refractivity (Wildman–Crippen MR) is 79.8 cm³/mol. The topological polar surface area (TPSA) is 61.9 Å². The summed E-state index contributed by atoms with van der Waals surface area (Å²) in [5.41, 5.74) is 0. The second kappa shape index (κ2) is 7.22. The van der Waals surface area contributed by atoms with Gasteiger partial charge in [0.25, 0.3) is 0 Å². The Balaban J connectivity index is 2.03. The number of hydrogen-bond donors (Lipinski definition) is 1. The van der Waals surface area contributed by atoms with Crippen LogP contribution in [0.3, 0.4) is 0 Å². The van der Waals surface area contributed by atoms with E-state index in [0.29, 0.717) is 26.1 Å². The van der Waals surface area contributed by atoms with Crippen LogP contribution in [0, 0.1) is 5.92 Å². The third kappa shape index (κ3) is 4.17. The molecule has 2 rings (SSSR count). The molecular formula is C15H27N3O3. The zero-order valence-corrected chi connectivity index (χ0v) is 13.3. The highest BCUT2D eigenvalue weighted by Gasteiger charge is 2.34. The highest BCUT2D eigenvalue weighted by molar-refractivity contribution is 5.90. The fourth-order valence-corrected chi connectivity index (χ4v) is 2.88. The molecule has 120 valence electrons. The van der Waals surface area contributed by atoms with E-state index < -0.39 is 6.04 Å². The van der Waals surface area contributed by atoms with Gasteiger partial charge in [-0.05, 0) is 13.0 Å². The van der Waals surface area contributed by atoms with Crippen LogP contribution in [-0.2, 0) is 14.3 Å². The van der Waals surface area contributed by atoms with E-state index in [1.807, 2.05) is 13.8 Å². The Kier molecular flexibility index (Phi) is 5.58. The Morgan fingerprint density at radius 2 is 2.14 bits per heavy atom. The van der Waals surface area contributed by atoms with Gasteiger partial charge in [-0.25, -0.2) is 0 Å². The normalized spacial score (nSPS) is 30.0. The standard InChI is InChI=1S/C15H27N3O3/c1-4-11(2)14-15(20)18(6-5-13(19)16-14)10-12-9-17(3)7-8-21-12/h11-12,14H,4-10H2,1-3H3,(H,16,19). The molecule has 2 saturated heterocycles. The first-order valence-corrected chi connectivity index (χ1v) is 7.89. The third-order valence-electron chi connectivity index (χ3n) is 4.48. The molecule has 0 saturated carbocycles. The Labute approximate surface area is 126 Å². The lowest BCUT2D eigenvalue weighted by atomic mass is 9.98. The number of likely N-dealkylation sites (N-methyl/N-ethyl adjacent to an activating group) is 1. The maximum atomic E-state index is 12.7. The highest BCUT2D eigenvalue weighted by Crippen LogP contribution is 2.16. The number of rotatable bonds is 4. The van der Waals surface area contributed by atoms with Gasteiger partial charge in [-0.3, -0.25) is 9.59 Å². The van der Waals surface area contributed by atoms with Gasteiger partial charge in [-0.15, -0.1) is 0 Å². The predicted octanol–water partition coefficient (Wildman–Crippen LogP) is 0.0802. The van der Waals surface area contributed by atoms with E-state index in [-0.39, 0.29) is 23.8 Å². The van der Waals surface area contributed by atoms with Gasteiger partial charge >= 0.3 is 0 Å². The summed E-state index contributed by atoms with van der Waals surface area (Å²) in [6.07, 6.45) is 1.28. The van der Waals surface area contributed by atoms with E-state index in [9.17, 15) is 9.59 Å². The van der Waals surface area contributed by atoms with Crippen LogP contribution in [0.2, 0.25) is 0 Å². The van der Waals surface area contributed by atoms with Crippen molar-refractivity contribution in [1.29, 1.82) is 0 Å². The van der Waals surface area contributed by atoms with Crippen LogP contribution in [0.4, 0.5) is 0 Å². The van der Waals surface area contributed by atoms with E-state index in [4.69, 9.17) is 4.74 Å². The molecule has 2 amide bonds. The molecule has 6 nitrogen and oxygen atoms in total. The van der Waals surface area contributed by atoms with Crippen LogP contribution < -0.4 is 5.32 Å². The summed E-state index contributed by atoms with van der Waals surface area (Å²) in [5.74, 6) is 0.154. The minimum absolute atomic E-state index is 0.0298. The van der Waals surface area contributed by atoms with Crippen LogP contribution in [0.5, 0.6) is 0 Å². The van der Waals surface area contributed by atoms with Gasteiger partial charge in [0.1, 0.15) is 6.04 Å². The molecule has 0 aliphatic carbocycles. The Bertz CT molecular complexity index is 388. The molecule has 2 fully saturated rings. The number of morpholine rings is 1. The maximum absolute atomic E-state index is 12.7. The zero-order valence-electron chi connectivity index (χ0n) is 13.3. The monoisotopic (exact) mass is 297 g/mol. The van der Waals surface area contributed by atoms with Crippen molar-refractivity contribution in [2.45, 2.75) is 38.8 Å². The van der Waals surface area contributed by atoms with E-state index >= 15 is 0 Å². The second-order valence-electron chi connectivity index (χ2n) is 6.22. The smallest absolute Gasteiger partial charge is 0.245 e. The first kappa shape index (κ1) is 16.2. The van der Waals surface area contributed by atoms with Gasteiger partial charge in [-0.1, -0.05) is 20.3 Å². The maximum Gasteiger partial charge on any atom is 0.245 e. The lowest BCUT2D eigenvalue weighted by Crippen LogP contribution is -2.52. The highest BCUT2D eigenvalue weighted by atomic mass is 16.5. The molecule has 2 heterocycles. The molecule has 0 spiro atoms. The molecule has 3 atom stereocenters. The van der Waals surface area contributed by atoms with Crippen LogP contribution in [0.1, 0.15) is 26.7 Å². The molecule has 0 aromatic carbocycles. The molecule has 3 unspecified atom stereocenters. The number of ether oxygens (including phenoxy) is 1. The minimum atomic E-state index is -0.397. The second-order valence-corrected chi connectivity index (χ2v) is 6.22. The summed E-state index contributed by atoms with van der Waals surface area (Å²) in [6.45, 7) is 7.58. The largest absolute Gasteiger partial charge is 0.374 e. The summed E-state index contributed by atoms with van der Waals surface area (Å²) in [6, 6.07) is -0.397. The molecule has 2 aliphatic heterocycles. The van der Waals surface area contributed by atoms with Gasteiger partial charge in [-0.2, -0.15) is 0 Å². The van der Waals surface area contributed by atoms with Crippen LogP contribution in [0.25, 0.3) is 0 Å². The summed E-state index contributed by atoms with van der Waals surface area (Å²) in [5, 5.41) is 2.87. The molecule has 0 radical (unpaired) electrons. The molecule has 1 N–H and O–H groups in total. The van der Waals surface area contributed by atoms with E-state index in [1.165, 1.54) is 0 Å². The van der Waals surface area contributed by atoms with Crippen molar-refractivity contribution >= 4 is 11.8 Å². The minimum Gasteiger partial charge on any atom is -0.374 e. The van der Waals surface area contributed by atoms with Crippen LogP contribution in [0.15, 0.2) is 0 Å². The lowest BCUT2D eigenvalue weighted by molar-refractivity contribution is -0.137. The fourth-order valence-electron chi connectivity index (χ4n) is 2.88. The van der Waals surface area contributed by atoms with Gasteiger partial charge in [0.2, 0.25) is 11.8 Å². The number of carbonyl (C=O) groups excluding carboxylic acids is 2. The zero-order chi connectivity index (χ0) is 15.4. The van der Waals surface area contributed by atoms with Gasteiger partial charge in [0.05, 0.1) is 12.7 Å². The molecule has 21 heavy (non-hydrogen) atoms. The first-order valence-electron chi connectivity index (χ1n) is 7.89. The fraction of sp³-hybridized carbons (Fsp3) is 0.867. The number of carbonyl (C=O) groups is 2. The average Bonchev–Trinajstić information content (AvgIpc) is 2.60. The van der Waals surface area contributed by atoms with Gasteiger partial charge in [0.15, 0.2) is 0 Å². The van der Waals surface area contributed by atoms with Crippen LogP contribution >= 0.6 is 0 Å². The summed E-state index contributed by atoms with van der Waals surface area (Å²) < 4.78 is 5.75. The van der Waals surface area contributed by atoms with Gasteiger partial charge in [0, 0.05) is 32.6 Å². The number of nitrogens with one attached hydrogen (secondary N) is 1. The molecule has 0 bridgehead atoms. The quantitative estimate of drug-likeness (QED) is 0.798. The van der Waals surface area contributed by atoms with Crippen molar-refractivity contribution in [1.82, 2.24) is 15.1 Å². The van der Waals surface area contributed by atoms with Crippen molar-refractivity contribution in [2.24, 2.45) is 5.92 Å². The Hall–Kier alpha value is -1.14. The van der Waals surface area contributed by atoms with Crippen molar-refractivity contribution in [3.05, 3.63) is 0 Å². The molecular weight excluding hydrogens is 270 g/mol. The van der Waals surface area contributed by atoms with Crippen molar-refractivity contribution in [3.8, 4) is 0 Å². The molecule has 0 aromatic heterocycles. The SMILES string of the molecule is CCC(C)C1NC(=O)CCN(CC2CN(C)CCO2)C1=O. The molecule has 2 aliphatic rings. The van der Waals surface area contributed by atoms with Crippen LogP contribution in [-0.4, -0.2) is 73.6 Å². The van der Waals surface area contributed by atoms with Crippen molar-refractivity contribution in [3.63, 3.8) is 0 Å². The number of hydrogen-bond acceptors (Lipinski definition) is 4. The molecule has 6 heteroatoms. The summed E-state index contributed by atoms with van der Waals surface area (Å²) in [7, 11) is 2.06. The van der Waals surface area contributed by atoms with Crippen molar-refractivity contribution in [2.75, 3.05) is 39.8 Å². The van der Waals surface area contributed by atoms with Crippen molar-refractivity contribution < 1.29 is 14.3 Å². The number of nitrogens with zero attached hydrogens (tertiary/aromatic N) is 2. The summed E-state index contributed by atoms with van der Waals surface area (Å²) in [4.78, 5) is 28.5. The van der Waals surface area contributed by atoms with E-state index in [2.05, 4.69) is 17.3 Å². The lowest BCUT2D eigenvalue weighted by Gasteiger charge is -2.34. The van der Waals surface area contributed by atoms with Gasteiger partial charge < -0.3 is 19.9 Å². The van der Waals surface area contributed by atoms with E-state index in [0.717, 1.165) is 19.5 Å². The van der Waals surface area contributed by atoms with E-state index in [1.54, 1.807) is 4.90 Å². The average molecular weight is 297 g/mol. The Morgan fingerprint density at radius 1 is 1.38 bits per heavy atom. The first-order chi connectivity index (χ1) is 10.0.